The fraction of sp³-hybridized carbons (Fsp3) is 0.386. The van der Waals surface area contributed by atoms with Crippen LogP contribution in [-0.4, -0.2) is 95.1 Å². The Hall–Kier alpha value is -7.06. The van der Waals surface area contributed by atoms with Crippen LogP contribution in [0.1, 0.15) is 71.7 Å². The Kier molecular flexibility index (Phi) is 13.2. The average Bonchev–Trinajstić information content (AvgIpc) is 3.65. The lowest BCUT2D eigenvalue weighted by Crippen LogP contribution is -2.52. The summed E-state index contributed by atoms with van der Waals surface area (Å²) in [5.74, 6) is -4.90. The highest BCUT2D eigenvalue weighted by molar-refractivity contribution is 5.95. The van der Waals surface area contributed by atoms with Gasteiger partial charge in [0.2, 0.25) is 35.4 Å². The molecule has 4 aromatic rings. The second kappa shape index (κ2) is 18.7. The number of amides is 6. The van der Waals surface area contributed by atoms with Gasteiger partial charge in [-0.3, -0.25) is 33.6 Å². The number of hydrogen-bond donors (Lipinski definition) is 7. The van der Waals surface area contributed by atoms with E-state index in [-0.39, 0.29) is 43.7 Å². The van der Waals surface area contributed by atoms with Crippen LogP contribution in [0.4, 0.5) is 4.39 Å². The monoisotopic (exact) mass is 882 g/mol. The molecule has 3 aliphatic rings. The Morgan fingerprint density at radius 1 is 0.953 bits per heavy atom. The first-order valence-electron chi connectivity index (χ1n) is 20.7. The lowest BCUT2D eigenvalue weighted by atomic mass is 9.81. The molecule has 7 rings (SSSR count). The molecule has 19 nitrogen and oxygen atoms in total. The van der Waals surface area contributed by atoms with Crippen LogP contribution in [0, 0.1) is 12.7 Å². The highest BCUT2D eigenvalue weighted by atomic mass is 19.1. The van der Waals surface area contributed by atoms with Crippen LogP contribution in [0.5, 0.6) is 0 Å². The number of pyridine rings is 2. The molecule has 0 fully saturated rings. The van der Waals surface area contributed by atoms with Gasteiger partial charge in [-0.15, -0.1) is 0 Å². The zero-order valence-corrected chi connectivity index (χ0v) is 35.3. The Balaban J connectivity index is 0.976. The lowest BCUT2D eigenvalue weighted by Gasteiger charge is -2.31. The van der Waals surface area contributed by atoms with Crippen molar-refractivity contribution >= 4 is 52.3 Å². The number of aliphatic hydroxyl groups is 1. The molecule has 1 aliphatic carbocycles. The van der Waals surface area contributed by atoms with Crippen molar-refractivity contribution in [3.63, 3.8) is 0 Å². The third-order valence-corrected chi connectivity index (χ3v) is 11.6. The number of cyclic esters (lactones) is 1. The van der Waals surface area contributed by atoms with Gasteiger partial charge < -0.3 is 51.0 Å². The summed E-state index contributed by atoms with van der Waals surface area (Å²) < 4.78 is 27.4. The van der Waals surface area contributed by atoms with Crippen molar-refractivity contribution in [2.45, 2.75) is 77.3 Å². The molecule has 4 heterocycles. The van der Waals surface area contributed by atoms with Gasteiger partial charge >= 0.3 is 5.97 Å². The molecular formula is C44H47FN8O11. The maximum absolute atomic E-state index is 15.3. The Labute approximate surface area is 364 Å². The van der Waals surface area contributed by atoms with Crippen LogP contribution < -0.4 is 37.5 Å². The van der Waals surface area contributed by atoms with Gasteiger partial charge in [-0.05, 0) is 54.5 Å². The summed E-state index contributed by atoms with van der Waals surface area (Å²) in [7, 11) is 0. The zero-order valence-electron chi connectivity index (χ0n) is 35.3. The Bertz CT molecular complexity index is 2650. The standard InChI is InChI=1S/C44H47FN8O11/c1-4-44(62)28-13-33-40-26(18-53(33)42(60)27(28)19-64-43(44)61)39-30(11-10-25-22(2)29(45)14-31(52-40)38(25)39)50-37(58)20-63-21-49-35(56)16-48-41(59)32(12-24-8-6-5-7-9-24)51-36(57)17-47-34(55)15-46-23(3)54/h5-9,13-14,30,32,62H,4,10-12,15-21H2,1-3H3,(H,46,54)(H,47,55)(H,48,59)(H,49,56)(H,50,58)(H,51,57)/t30-,32-,44-/m0/s1. The normalized spacial score (nSPS) is 17.2. The molecule has 64 heavy (non-hydrogen) atoms. The SMILES string of the molecule is CC[C@@]1(O)C(=O)OCc2c1cc1n(c2=O)Cc2c-1nc1cc(F)c(C)c3c1c2[C@@H](NC(=O)COCNC(=O)CNC(=O)[C@H](Cc1ccccc1)NC(=O)CNC(=O)CNC(C)=O)CC3. The summed E-state index contributed by atoms with van der Waals surface area (Å²) >= 11 is 0. The van der Waals surface area contributed by atoms with Gasteiger partial charge in [-0.2, -0.15) is 0 Å². The summed E-state index contributed by atoms with van der Waals surface area (Å²) in [4.78, 5) is 106. The van der Waals surface area contributed by atoms with Crippen molar-refractivity contribution in [3.05, 3.63) is 97.6 Å². The molecule has 0 bridgehead atoms. The first-order valence-corrected chi connectivity index (χ1v) is 20.7. The van der Waals surface area contributed by atoms with Crippen LogP contribution in [0.15, 0.2) is 47.3 Å². The second-order valence-electron chi connectivity index (χ2n) is 15.8. The minimum Gasteiger partial charge on any atom is -0.458 e. The van der Waals surface area contributed by atoms with Gasteiger partial charge in [0.15, 0.2) is 5.60 Å². The molecule has 2 aromatic heterocycles. The number of carbonyl (C=O) groups excluding carboxylic acids is 7. The molecule has 20 heteroatoms. The number of hydrogen-bond acceptors (Lipinski definition) is 12. The Morgan fingerprint density at radius 3 is 2.41 bits per heavy atom. The van der Waals surface area contributed by atoms with E-state index in [1.807, 2.05) is 0 Å². The average molecular weight is 883 g/mol. The molecule has 0 spiro atoms. The molecule has 0 radical (unpaired) electrons. The Morgan fingerprint density at radius 2 is 1.67 bits per heavy atom. The van der Waals surface area contributed by atoms with Crippen LogP contribution in [0.2, 0.25) is 0 Å². The highest BCUT2D eigenvalue weighted by Crippen LogP contribution is 2.46. The van der Waals surface area contributed by atoms with E-state index >= 15 is 4.39 Å². The largest absolute Gasteiger partial charge is 0.458 e. The predicted octanol–water partition coefficient (Wildman–Crippen LogP) is -0.183. The number of esters is 1. The van der Waals surface area contributed by atoms with Crippen molar-refractivity contribution < 1.29 is 52.5 Å². The molecule has 0 unspecified atom stereocenters. The molecule has 336 valence electrons. The lowest BCUT2D eigenvalue weighted by molar-refractivity contribution is -0.172. The fourth-order valence-electron chi connectivity index (χ4n) is 8.31. The van der Waals surface area contributed by atoms with Crippen molar-refractivity contribution in [1.82, 2.24) is 41.5 Å². The number of nitrogens with one attached hydrogen (secondary N) is 6. The highest BCUT2D eigenvalue weighted by Gasteiger charge is 2.46. The number of fused-ring (bicyclic) bond motifs is 5. The summed E-state index contributed by atoms with van der Waals surface area (Å²) in [6.45, 7) is 2.11. The maximum Gasteiger partial charge on any atom is 0.343 e. The molecule has 2 aromatic carbocycles. The van der Waals surface area contributed by atoms with E-state index in [0.29, 0.717) is 57.4 Å². The smallest absolute Gasteiger partial charge is 0.343 e. The number of benzene rings is 2. The van der Waals surface area contributed by atoms with Crippen molar-refractivity contribution in [1.29, 1.82) is 0 Å². The number of carbonyl (C=O) groups is 7. The minimum atomic E-state index is -2.04. The minimum absolute atomic E-state index is 0.0409. The molecule has 0 saturated carbocycles. The number of halogens is 1. The maximum atomic E-state index is 15.3. The number of aromatic nitrogens is 2. The fourth-order valence-corrected chi connectivity index (χ4v) is 8.31. The number of nitrogens with zero attached hydrogens (tertiary/aromatic N) is 2. The summed E-state index contributed by atoms with van der Waals surface area (Å²) in [5.41, 5.74) is 1.97. The van der Waals surface area contributed by atoms with E-state index in [2.05, 4.69) is 31.9 Å². The van der Waals surface area contributed by atoms with Crippen molar-refractivity contribution in [3.8, 4) is 11.4 Å². The van der Waals surface area contributed by atoms with Crippen LogP contribution in [0.3, 0.4) is 0 Å². The van der Waals surface area contributed by atoms with E-state index in [1.165, 1.54) is 17.6 Å². The van der Waals surface area contributed by atoms with E-state index in [0.717, 1.165) is 5.56 Å². The molecule has 6 amide bonds. The van der Waals surface area contributed by atoms with Gasteiger partial charge in [0.1, 0.15) is 31.8 Å². The second-order valence-corrected chi connectivity index (χ2v) is 15.8. The van der Waals surface area contributed by atoms with Gasteiger partial charge in [-0.1, -0.05) is 37.3 Å². The quantitative estimate of drug-likeness (QED) is 0.0387. The van der Waals surface area contributed by atoms with Crippen molar-refractivity contribution in [2.24, 2.45) is 0 Å². The van der Waals surface area contributed by atoms with Gasteiger partial charge in [0.25, 0.3) is 5.56 Å². The molecule has 0 saturated heterocycles. The molecule has 3 atom stereocenters. The molecular weight excluding hydrogens is 836 g/mol. The van der Waals surface area contributed by atoms with Crippen LogP contribution in [-0.2, 0) is 74.6 Å². The van der Waals surface area contributed by atoms with E-state index in [4.69, 9.17) is 14.5 Å². The van der Waals surface area contributed by atoms with E-state index < -0.39 is 96.9 Å². The number of rotatable bonds is 16. The first-order chi connectivity index (χ1) is 30.6. The third-order valence-electron chi connectivity index (χ3n) is 11.6. The number of ether oxygens (including phenoxy) is 2. The number of aryl methyl sites for hydroxylation is 1. The zero-order chi connectivity index (χ0) is 45.9. The first kappa shape index (κ1) is 45.0. The summed E-state index contributed by atoms with van der Waals surface area (Å²) in [5, 5.41) is 27.1. The topological polar surface area (TPSA) is 265 Å². The van der Waals surface area contributed by atoms with Gasteiger partial charge in [-0.25, -0.2) is 14.2 Å². The van der Waals surface area contributed by atoms with Crippen LogP contribution in [0.25, 0.3) is 22.3 Å². The summed E-state index contributed by atoms with van der Waals surface area (Å²) in [6, 6.07) is 9.96. The van der Waals surface area contributed by atoms with E-state index in [1.54, 1.807) is 50.2 Å². The third kappa shape index (κ3) is 9.18. The van der Waals surface area contributed by atoms with Gasteiger partial charge in [0, 0.05) is 35.9 Å². The predicted molar refractivity (Wildman–Crippen MR) is 224 cm³/mol. The van der Waals surface area contributed by atoms with Gasteiger partial charge in [0.05, 0.1) is 54.7 Å². The van der Waals surface area contributed by atoms with Crippen molar-refractivity contribution in [2.75, 3.05) is 33.0 Å². The van der Waals surface area contributed by atoms with Crippen LogP contribution >= 0.6 is 0 Å². The summed E-state index contributed by atoms with van der Waals surface area (Å²) in [6.07, 6.45) is 0.825. The molecule has 2 aliphatic heterocycles. The van der Waals surface area contributed by atoms with E-state index in [9.17, 15) is 43.5 Å². The molecule has 7 N–H and O–H groups in total.